The number of benzene rings is 4. The third-order valence-electron chi connectivity index (χ3n) is 13.5. The van der Waals surface area contributed by atoms with E-state index in [0.29, 0.717) is 188 Å². The van der Waals surface area contributed by atoms with Gasteiger partial charge in [-0.05, 0) is 156 Å². The van der Waals surface area contributed by atoms with Crippen LogP contribution in [0, 0.1) is 0 Å². The van der Waals surface area contributed by atoms with Gasteiger partial charge in [-0.15, -0.1) is 14.6 Å². The van der Waals surface area contributed by atoms with Gasteiger partial charge in [0.25, 0.3) is 0 Å². The van der Waals surface area contributed by atoms with Crippen molar-refractivity contribution in [2.75, 3.05) is 175 Å². The Kier molecular flexibility index (Phi) is 81.1. The summed E-state index contributed by atoms with van der Waals surface area (Å²) in [6, 6.07) is 38.7. The lowest BCUT2D eigenvalue weighted by molar-refractivity contribution is -0.177. The van der Waals surface area contributed by atoms with E-state index in [-0.39, 0.29) is 25.0 Å². The molecular formula is C75H142BrN6O28P8+. The van der Waals surface area contributed by atoms with E-state index in [4.69, 9.17) is 78.8 Å². The zero-order valence-electron chi connectivity index (χ0n) is 72.7. The van der Waals surface area contributed by atoms with E-state index in [1.54, 1.807) is 75.4 Å². The van der Waals surface area contributed by atoms with E-state index in [0.717, 1.165) is 34.0 Å². The van der Waals surface area contributed by atoms with Gasteiger partial charge in [-0.25, -0.2) is 20.2 Å². The monoisotopic (exact) mass is 1900 g/mol. The molecule has 2 amide bonds. The first-order chi connectivity index (χ1) is 56.4. The van der Waals surface area contributed by atoms with Crippen LogP contribution in [0.3, 0.4) is 0 Å². The quantitative estimate of drug-likeness (QED) is 0.00796. The van der Waals surface area contributed by atoms with Crippen LogP contribution in [-0.2, 0) is 151 Å². The summed E-state index contributed by atoms with van der Waals surface area (Å²) in [5.41, 5.74) is 11.4. The molecule has 1 atom stereocenters. The zero-order valence-corrected chi connectivity index (χ0v) is 81.4. The van der Waals surface area contributed by atoms with E-state index in [1.165, 1.54) is 16.9 Å². The number of rotatable bonds is 61. The van der Waals surface area contributed by atoms with Gasteiger partial charge in [0, 0.05) is 44.8 Å². The summed E-state index contributed by atoms with van der Waals surface area (Å²) in [5, 5.41) is 13.7. The highest BCUT2D eigenvalue weighted by atomic mass is 79.9. The van der Waals surface area contributed by atoms with Crippen LogP contribution in [-0.4, -0.2) is 208 Å². The molecule has 4 aromatic rings. The Morgan fingerprint density at radius 3 is 0.983 bits per heavy atom. The Hall–Kier alpha value is -2.87. The first kappa shape index (κ1) is 121. The van der Waals surface area contributed by atoms with Crippen LogP contribution in [0.2, 0.25) is 0 Å². The van der Waals surface area contributed by atoms with E-state index in [9.17, 15) is 46.1 Å². The maximum atomic E-state index is 12.5. The number of nitrogens with one attached hydrogen (secondary N) is 2. The first-order valence-corrected chi connectivity index (χ1v) is 54.9. The number of carbonyl (C=O) groups excluding carboxylic acids is 2. The van der Waals surface area contributed by atoms with Crippen LogP contribution in [0.25, 0.3) is 0 Å². The number of alkyl halides is 1. The summed E-state index contributed by atoms with van der Waals surface area (Å²) >= 11 is 3.27. The highest BCUT2D eigenvalue weighted by molar-refractivity contribution is 9.09. The molecule has 0 radical (unpaired) electrons. The van der Waals surface area contributed by atoms with Crippen molar-refractivity contribution in [3.05, 3.63) is 144 Å². The topological polar surface area (TPSA) is 408 Å². The van der Waals surface area contributed by atoms with Crippen molar-refractivity contribution in [3.63, 3.8) is 0 Å². The number of hydrogen-bond donors (Lipinski definition) is 4. The van der Waals surface area contributed by atoms with Gasteiger partial charge < -0.3 is 55.5 Å². The molecule has 686 valence electrons. The minimum atomic E-state index is -3.33. The fourth-order valence-corrected chi connectivity index (χ4v) is 20.3. The van der Waals surface area contributed by atoms with E-state index in [1.807, 2.05) is 156 Å². The maximum absolute atomic E-state index is 12.5. The largest absolute Gasteiger partial charge is 0.504 e. The standard InChI is InChI=1S/C16H29NO5P2.C15H24NO5P.C14H24NO4P.C11H18NO4P.C8H18NO5P.C7H16BrO3P.C3H8O2P.CH5N/c1-5-21-24(19,22-6-2)14-10-13-17(23(3,4)18)20-15-16-11-8-7-9-12-16;1-3-20-22(18,21-4-2)12-8-11-16(14-17)19-13-15-9-6-5-7-10-15;1-3-18-20(16,19-4-2)12-8-11-15-17-13-14-9-6-5-7-10-14;1-3-15-17(13,16-4-2)12-14-10-11-8-6-5-7-9-11;1-3-13-15(12,14-4-2)7-5-6-9(11)8-10;1-3-10-12(9,11-4-2)7-5-6-8;1-3-5-6(2)4;1-2/h7-9,11-12H,5-6,10,13-15H2,1-4H3;5-7,9-10,14H,3-4,8,11-13H2,1-2H3;5-7,9-10,15H,3-4,8,11-13H2,1-2H3;5-9H,3-4,10H2,1-2H3,(H,12,13);8,11H,3-7H2,1-2H3;3-7H2,1-2H3;3H2,1-2H3;2H2,1H3/q;;;;;;+1;. The van der Waals surface area contributed by atoms with Gasteiger partial charge in [0.1, 0.15) is 6.61 Å². The molecule has 0 aromatic heterocycles. The van der Waals surface area contributed by atoms with Gasteiger partial charge in [0.15, 0.2) is 14.0 Å². The summed E-state index contributed by atoms with van der Waals surface area (Å²) in [6.45, 7) is 35.7. The molecule has 0 saturated carbocycles. The van der Waals surface area contributed by atoms with Crippen molar-refractivity contribution in [1.29, 1.82) is 0 Å². The number of hydrogen-bond acceptors (Lipinski definition) is 30. The molecule has 0 spiro atoms. The Labute approximate surface area is 714 Å². The molecule has 118 heavy (non-hydrogen) atoms. The highest BCUT2D eigenvalue weighted by Crippen LogP contribution is 2.52. The zero-order chi connectivity index (χ0) is 89.7. The second-order valence-electron chi connectivity index (χ2n) is 23.4. The second-order valence-corrected chi connectivity index (χ2v) is 41.0. The number of amides is 2. The average Bonchev–Trinajstić information content (AvgIpc) is 0.877. The predicted octanol–water partition coefficient (Wildman–Crippen LogP) is 19.6. The Morgan fingerprint density at radius 2 is 0.695 bits per heavy atom. The van der Waals surface area contributed by atoms with Crippen molar-refractivity contribution < 1.29 is 129 Å². The van der Waals surface area contributed by atoms with Gasteiger partial charge in [0.05, 0.1) is 137 Å². The molecule has 5 N–H and O–H groups in total. The third-order valence-corrected chi connectivity index (χ3v) is 28.5. The predicted molar refractivity (Wildman–Crippen MR) is 471 cm³/mol. The molecule has 0 saturated heterocycles. The van der Waals surface area contributed by atoms with Crippen LogP contribution < -0.4 is 16.5 Å². The molecule has 34 nitrogen and oxygen atoms in total. The summed E-state index contributed by atoms with van der Waals surface area (Å²) in [5.74, 6) is 0. The maximum Gasteiger partial charge on any atom is 0.504 e. The lowest BCUT2D eigenvalue weighted by Gasteiger charge is -2.26. The molecule has 0 aliphatic rings. The minimum absolute atomic E-state index is 0.119. The van der Waals surface area contributed by atoms with Crippen LogP contribution in [0.15, 0.2) is 121 Å². The van der Waals surface area contributed by atoms with Gasteiger partial charge in [-0.1, -0.05) is 137 Å². The van der Waals surface area contributed by atoms with Crippen LogP contribution in [0.1, 0.15) is 144 Å². The molecule has 0 aliphatic carbocycles. The Morgan fingerprint density at radius 1 is 0.398 bits per heavy atom. The van der Waals surface area contributed by atoms with Crippen molar-refractivity contribution in [2.24, 2.45) is 5.73 Å². The fraction of sp³-hybridized carbons (Fsp3) is 0.653. The van der Waals surface area contributed by atoms with Gasteiger partial charge in [-0.2, -0.15) is 0 Å². The first-order valence-electron chi connectivity index (χ1n) is 39.4. The normalized spacial score (nSPS) is 11.7. The molecule has 43 heteroatoms. The Bertz CT molecular complexity index is 3310. The number of carbonyl (C=O) groups is 2. The molecular weight excluding hydrogens is 1760 g/mol. The van der Waals surface area contributed by atoms with Crippen molar-refractivity contribution >= 4 is 89.8 Å². The summed E-state index contributed by atoms with van der Waals surface area (Å²) < 4.78 is 161. The lowest BCUT2D eigenvalue weighted by Crippen LogP contribution is -2.24. The van der Waals surface area contributed by atoms with Crippen LogP contribution >= 0.6 is 77.0 Å². The van der Waals surface area contributed by atoms with E-state index in [2.05, 4.69) is 36.9 Å². The van der Waals surface area contributed by atoms with Gasteiger partial charge in [-0.3, -0.25) is 66.0 Å². The summed E-state index contributed by atoms with van der Waals surface area (Å²) in [7, 11) is -20.6. The third kappa shape index (κ3) is 69.4. The average molecular weight is 1900 g/mol. The van der Waals surface area contributed by atoms with Gasteiger partial charge in [0.2, 0.25) is 12.8 Å². The lowest BCUT2D eigenvalue weighted by atomic mass is 10.2. The number of nitrogens with two attached hydrogens (primary N) is 1. The molecule has 0 aliphatic heterocycles. The molecule has 4 rings (SSSR count). The summed E-state index contributed by atoms with van der Waals surface area (Å²) in [6.07, 6.45) is 5.39. The molecule has 0 bridgehead atoms. The molecule has 4 aromatic carbocycles. The smallest absolute Gasteiger partial charge is 0.333 e. The second kappa shape index (κ2) is 78.8. The van der Waals surface area contributed by atoms with Crippen molar-refractivity contribution in [1.82, 2.24) is 25.7 Å². The van der Waals surface area contributed by atoms with E-state index >= 15 is 0 Å². The SMILES string of the molecule is CCOP(=O)(CCCBr)OCC.CCOP(=O)(CCCN(C=O)OCc1ccccc1)OCC.CCOP(=O)(CCCN(O)C=O)OCC.CCOP(=O)(CCCN(OCc1ccccc1)P(C)(C)=O)OCC.CCOP(=O)(CCCNOCc1ccccc1)OCC.CCOP(=O)(NOCc1ccccc1)OCC.CCO[P+](C)=O.CN. The highest BCUT2D eigenvalue weighted by Gasteiger charge is 2.29. The van der Waals surface area contributed by atoms with Gasteiger partial charge >= 0.3 is 53.8 Å². The molecule has 0 fully saturated rings. The summed E-state index contributed by atoms with van der Waals surface area (Å²) in [4.78, 5) is 44.2. The molecule has 1 unspecified atom stereocenters. The van der Waals surface area contributed by atoms with Crippen molar-refractivity contribution in [2.45, 2.75) is 149 Å². The Balaban J connectivity index is -0.000000655. The van der Waals surface area contributed by atoms with Crippen LogP contribution in [0.5, 0.6) is 0 Å². The number of hydroxylamine groups is 6. The molecule has 0 heterocycles. The number of nitrogens with zero attached hydrogens (tertiary/aromatic N) is 3. The van der Waals surface area contributed by atoms with Crippen molar-refractivity contribution in [3.8, 4) is 0 Å². The minimum Gasteiger partial charge on any atom is -0.333 e. The fourth-order valence-electron chi connectivity index (χ4n) is 8.90. The number of halogens is 1. The van der Waals surface area contributed by atoms with E-state index < -0.39 is 61.0 Å². The van der Waals surface area contributed by atoms with Crippen LogP contribution in [0.4, 0.5) is 0 Å².